The fourth-order valence-corrected chi connectivity index (χ4v) is 3.01. The molecule has 1 aliphatic rings. The van der Waals surface area contributed by atoms with E-state index in [4.69, 9.17) is 4.74 Å². The summed E-state index contributed by atoms with van der Waals surface area (Å²) in [4.78, 5) is 6.50. The fourth-order valence-electron chi connectivity index (χ4n) is 2.35. The van der Waals surface area contributed by atoms with Gasteiger partial charge in [-0.1, -0.05) is 0 Å². The Labute approximate surface area is 128 Å². The Morgan fingerprint density at radius 2 is 2.19 bits per heavy atom. The van der Waals surface area contributed by atoms with E-state index < -0.39 is 10.0 Å². The Hall–Kier alpha value is -0.860. The first-order valence-electron chi connectivity index (χ1n) is 7.44. The van der Waals surface area contributed by atoms with Crippen LogP contribution in [0.25, 0.3) is 0 Å². The molecule has 1 aliphatic heterocycles. The molecule has 8 heteroatoms. The Morgan fingerprint density at radius 1 is 1.43 bits per heavy atom. The van der Waals surface area contributed by atoms with Crippen molar-refractivity contribution in [3.8, 4) is 0 Å². The topological polar surface area (TPSA) is 83.0 Å². The summed E-state index contributed by atoms with van der Waals surface area (Å²) in [6.45, 7) is 5.50. The van der Waals surface area contributed by atoms with Crippen LogP contribution in [-0.4, -0.2) is 72.0 Å². The van der Waals surface area contributed by atoms with Gasteiger partial charge in [-0.25, -0.2) is 13.1 Å². The number of likely N-dealkylation sites (tertiary alicyclic amines) is 1. The van der Waals surface area contributed by atoms with E-state index in [9.17, 15) is 8.42 Å². The predicted molar refractivity (Wildman–Crippen MR) is 85.0 cm³/mol. The molecule has 0 spiro atoms. The van der Waals surface area contributed by atoms with E-state index in [0.717, 1.165) is 38.5 Å². The van der Waals surface area contributed by atoms with Gasteiger partial charge in [0.1, 0.15) is 0 Å². The SMILES string of the molecule is CCS(=O)(=O)NCCCNC(=NC)N1CCC(COC)C1. The highest BCUT2D eigenvalue weighted by molar-refractivity contribution is 7.89. The molecular weight excluding hydrogens is 292 g/mol. The maximum absolute atomic E-state index is 11.3. The molecule has 21 heavy (non-hydrogen) atoms. The van der Waals surface area contributed by atoms with Gasteiger partial charge in [-0.05, 0) is 19.8 Å². The van der Waals surface area contributed by atoms with Crippen LogP contribution in [0.2, 0.25) is 0 Å². The lowest BCUT2D eigenvalue weighted by atomic mass is 10.1. The molecule has 1 saturated heterocycles. The quantitative estimate of drug-likeness (QED) is 0.369. The average molecular weight is 320 g/mol. The maximum Gasteiger partial charge on any atom is 0.211 e. The van der Waals surface area contributed by atoms with Gasteiger partial charge in [0.25, 0.3) is 0 Å². The number of methoxy groups -OCH3 is 1. The summed E-state index contributed by atoms with van der Waals surface area (Å²) < 4.78 is 30.3. The summed E-state index contributed by atoms with van der Waals surface area (Å²) in [5, 5.41) is 3.28. The van der Waals surface area contributed by atoms with Gasteiger partial charge >= 0.3 is 0 Å². The molecule has 124 valence electrons. The smallest absolute Gasteiger partial charge is 0.211 e. The second-order valence-corrected chi connectivity index (χ2v) is 7.28. The molecule has 0 aromatic heterocycles. The van der Waals surface area contributed by atoms with Gasteiger partial charge < -0.3 is 15.0 Å². The van der Waals surface area contributed by atoms with Gasteiger partial charge in [-0.2, -0.15) is 0 Å². The minimum atomic E-state index is -3.09. The average Bonchev–Trinajstić information content (AvgIpc) is 2.91. The summed E-state index contributed by atoms with van der Waals surface area (Å²) in [5.74, 6) is 1.56. The lowest BCUT2D eigenvalue weighted by Crippen LogP contribution is -2.41. The third kappa shape index (κ3) is 6.62. The number of guanidine groups is 1. The zero-order valence-electron chi connectivity index (χ0n) is 13.3. The standard InChI is InChI=1S/C13H28N4O3S/c1-4-21(18,19)16-8-5-7-15-13(14-2)17-9-6-12(10-17)11-20-3/h12,16H,4-11H2,1-3H3,(H,14,15). The molecule has 0 amide bonds. The molecule has 0 bridgehead atoms. The van der Waals surface area contributed by atoms with Crippen molar-refractivity contribution in [1.82, 2.24) is 14.9 Å². The fraction of sp³-hybridized carbons (Fsp3) is 0.923. The molecule has 0 aliphatic carbocycles. The van der Waals surface area contributed by atoms with E-state index in [2.05, 4.69) is 19.9 Å². The van der Waals surface area contributed by atoms with Gasteiger partial charge in [0.2, 0.25) is 10.0 Å². The van der Waals surface area contributed by atoms with Crippen LogP contribution in [0.3, 0.4) is 0 Å². The van der Waals surface area contributed by atoms with Crippen LogP contribution in [0, 0.1) is 5.92 Å². The van der Waals surface area contributed by atoms with Crippen molar-refractivity contribution < 1.29 is 13.2 Å². The van der Waals surface area contributed by atoms with Crippen LogP contribution in [0.1, 0.15) is 19.8 Å². The Bertz CT molecular complexity index is 425. The second kappa shape index (κ2) is 9.22. The van der Waals surface area contributed by atoms with Crippen molar-refractivity contribution >= 4 is 16.0 Å². The summed E-state index contributed by atoms with van der Waals surface area (Å²) in [5.41, 5.74) is 0. The summed E-state index contributed by atoms with van der Waals surface area (Å²) in [7, 11) is 0.412. The molecule has 0 aromatic rings. The first-order chi connectivity index (χ1) is 10.0. The van der Waals surface area contributed by atoms with Crippen LogP contribution in [0.15, 0.2) is 4.99 Å². The van der Waals surface area contributed by atoms with Crippen LogP contribution < -0.4 is 10.0 Å². The molecule has 0 radical (unpaired) electrons. The Kier molecular flexibility index (Phi) is 7.98. The number of nitrogens with zero attached hydrogens (tertiary/aromatic N) is 2. The molecule has 2 N–H and O–H groups in total. The minimum Gasteiger partial charge on any atom is -0.384 e. The monoisotopic (exact) mass is 320 g/mol. The number of rotatable bonds is 8. The molecule has 1 unspecified atom stereocenters. The van der Waals surface area contributed by atoms with Crippen LogP contribution >= 0.6 is 0 Å². The maximum atomic E-state index is 11.3. The van der Waals surface area contributed by atoms with Crippen molar-refractivity contribution in [2.75, 3.05) is 52.7 Å². The molecule has 0 saturated carbocycles. The molecule has 1 fully saturated rings. The molecule has 1 rings (SSSR count). The largest absolute Gasteiger partial charge is 0.384 e. The van der Waals surface area contributed by atoms with E-state index in [1.165, 1.54) is 0 Å². The third-order valence-corrected chi connectivity index (χ3v) is 4.94. The van der Waals surface area contributed by atoms with Crippen molar-refractivity contribution in [1.29, 1.82) is 0 Å². The number of nitrogens with one attached hydrogen (secondary N) is 2. The van der Waals surface area contributed by atoms with Crippen molar-refractivity contribution in [2.45, 2.75) is 19.8 Å². The number of hydrogen-bond acceptors (Lipinski definition) is 4. The zero-order valence-corrected chi connectivity index (χ0v) is 14.1. The lowest BCUT2D eigenvalue weighted by molar-refractivity contribution is 0.157. The van der Waals surface area contributed by atoms with Crippen LogP contribution in [-0.2, 0) is 14.8 Å². The normalized spacial score (nSPS) is 20.0. The second-order valence-electron chi connectivity index (χ2n) is 5.18. The first-order valence-corrected chi connectivity index (χ1v) is 9.09. The van der Waals surface area contributed by atoms with Crippen molar-refractivity contribution in [2.24, 2.45) is 10.9 Å². The van der Waals surface area contributed by atoms with E-state index in [-0.39, 0.29) is 5.75 Å². The Morgan fingerprint density at radius 3 is 2.81 bits per heavy atom. The Balaban J connectivity index is 2.24. The van der Waals surface area contributed by atoms with Crippen molar-refractivity contribution in [3.05, 3.63) is 0 Å². The molecule has 7 nitrogen and oxygen atoms in total. The third-order valence-electron chi connectivity index (χ3n) is 3.54. The number of sulfonamides is 1. The van der Waals surface area contributed by atoms with Crippen LogP contribution in [0.5, 0.6) is 0 Å². The van der Waals surface area contributed by atoms with Gasteiger partial charge in [0, 0.05) is 46.3 Å². The summed E-state index contributed by atoms with van der Waals surface area (Å²) in [6, 6.07) is 0. The van der Waals surface area contributed by atoms with Gasteiger partial charge in [-0.15, -0.1) is 0 Å². The predicted octanol–water partition coefficient (Wildman–Crippen LogP) is -0.140. The molecular formula is C13H28N4O3S. The highest BCUT2D eigenvalue weighted by Crippen LogP contribution is 2.16. The number of hydrogen-bond donors (Lipinski definition) is 2. The zero-order chi connectivity index (χ0) is 15.7. The van der Waals surface area contributed by atoms with E-state index in [0.29, 0.717) is 19.0 Å². The lowest BCUT2D eigenvalue weighted by Gasteiger charge is -2.21. The molecule has 1 atom stereocenters. The number of ether oxygens (including phenoxy) is 1. The minimum absolute atomic E-state index is 0.122. The van der Waals surface area contributed by atoms with Gasteiger partial charge in [0.15, 0.2) is 5.96 Å². The highest BCUT2D eigenvalue weighted by Gasteiger charge is 2.24. The number of aliphatic imine (C=N–C) groups is 1. The van der Waals surface area contributed by atoms with E-state index in [1.54, 1.807) is 21.1 Å². The molecule has 0 aromatic carbocycles. The molecule has 1 heterocycles. The highest BCUT2D eigenvalue weighted by atomic mass is 32.2. The van der Waals surface area contributed by atoms with Crippen molar-refractivity contribution in [3.63, 3.8) is 0 Å². The van der Waals surface area contributed by atoms with E-state index >= 15 is 0 Å². The van der Waals surface area contributed by atoms with E-state index in [1.807, 2.05) is 0 Å². The summed E-state index contributed by atoms with van der Waals surface area (Å²) in [6.07, 6.45) is 1.85. The van der Waals surface area contributed by atoms with Crippen LogP contribution in [0.4, 0.5) is 0 Å². The van der Waals surface area contributed by atoms with Gasteiger partial charge in [0.05, 0.1) is 12.4 Å². The summed E-state index contributed by atoms with van der Waals surface area (Å²) >= 11 is 0. The van der Waals surface area contributed by atoms with Gasteiger partial charge in [-0.3, -0.25) is 4.99 Å². The first kappa shape index (κ1) is 18.2.